The van der Waals surface area contributed by atoms with Gasteiger partial charge in [0.05, 0.1) is 11.5 Å². The highest BCUT2D eigenvalue weighted by Gasteiger charge is 2.13. The van der Waals surface area contributed by atoms with Gasteiger partial charge in [0.25, 0.3) is 5.69 Å². The van der Waals surface area contributed by atoms with Crippen LogP contribution in [0.4, 0.5) is 5.69 Å². The van der Waals surface area contributed by atoms with Crippen LogP contribution in [0.15, 0.2) is 18.2 Å². The van der Waals surface area contributed by atoms with Gasteiger partial charge in [0.2, 0.25) is 0 Å². The molecule has 1 rings (SSSR count). The number of hydrogen-bond acceptors (Lipinski definition) is 4. The van der Waals surface area contributed by atoms with Gasteiger partial charge >= 0.3 is 0 Å². The van der Waals surface area contributed by atoms with Crippen molar-refractivity contribution in [3.05, 3.63) is 39.4 Å². The number of nitro benzene ring substituents is 1. The van der Waals surface area contributed by atoms with Crippen LogP contribution in [0.2, 0.25) is 0 Å². The number of aliphatic hydroxyl groups is 1. The number of nitrogens with zero attached hydrogens (tertiary/aromatic N) is 1. The average Bonchev–Trinajstić information content (AvgIpc) is 2.18. The third-order valence-corrected chi connectivity index (χ3v) is 1.83. The van der Waals surface area contributed by atoms with Crippen molar-refractivity contribution < 1.29 is 14.8 Å². The van der Waals surface area contributed by atoms with Crippen molar-refractivity contribution in [1.82, 2.24) is 0 Å². The van der Waals surface area contributed by atoms with E-state index in [1.807, 2.05) is 0 Å². The molecular formula is C9H9NO4. The highest BCUT2D eigenvalue weighted by Crippen LogP contribution is 2.20. The monoisotopic (exact) mass is 195 g/mol. The largest absolute Gasteiger partial charge is 0.392 e. The van der Waals surface area contributed by atoms with Crippen LogP contribution in [0.5, 0.6) is 0 Å². The Balaban J connectivity index is 3.16. The number of nitro groups is 1. The molecule has 0 aromatic heterocycles. The zero-order valence-electron chi connectivity index (χ0n) is 7.34. The third kappa shape index (κ3) is 2.14. The normalized spacial score (nSPS) is 9.79. The van der Waals surface area contributed by atoms with E-state index in [1.165, 1.54) is 12.1 Å². The molecule has 5 nitrogen and oxygen atoms in total. The Bertz CT molecular complexity index is 362. The molecule has 0 aliphatic rings. The van der Waals surface area contributed by atoms with E-state index in [4.69, 9.17) is 5.11 Å². The first-order chi connectivity index (χ1) is 6.69. The van der Waals surface area contributed by atoms with Crippen LogP contribution in [0, 0.1) is 10.1 Å². The second-order valence-electron chi connectivity index (χ2n) is 2.75. The maximum Gasteiger partial charge on any atom is 0.273 e. The molecule has 1 aromatic carbocycles. The summed E-state index contributed by atoms with van der Waals surface area (Å²) in [7, 11) is 0. The number of rotatable bonds is 4. The van der Waals surface area contributed by atoms with Gasteiger partial charge in [0, 0.05) is 18.1 Å². The SMILES string of the molecule is O=CCc1ccc(CO)cc1[N+](=O)[O-]. The van der Waals surface area contributed by atoms with E-state index < -0.39 is 4.92 Å². The van der Waals surface area contributed by atoms with E-state index in [0.717, 1.165) is 0 Å². The zero-order chi connectivity index (χ0) is 10.6. The fourth-order valence-corrected chi connectivity index (χ4v) is 1.14. The number of aliphatic hydroxyl groups excluding tert-OH is 1. The molecule has 0 spiro atoms. The summed E-state index contributed by atoms with van der Waals surface area (Å²) in [6.07, 6.45) is 0.628. The average molecular weight is 195 g/mol. The minimum Gasteiger partial charge on any atom is -0.392 e. The van der Waals surface area contributed by atoms with Gasteiger partial charge in [-0.3, -0.25) is 10.1 Å². The highest BCUT2D eigenvalue weighted by atomic mass is 16.6. The molecule has 74 valence electrons. The lowest BCUT2D eigenvalue weighted by atomic mass is 10.1. The van der Waals surface area contributed by atoms with E-state index in [1.54, 1.807) is 6.07 Å². The second kappa shape index (κ2) is 4.48. The fraction of sp³-hybridized carbons (Fsp3) is 0.222. The molecule has 0 saturated carbocycles. The van der Waals surface area contributed by atoms with Gasteiger partial charge in [-0.25, -0.2) is 0 Å². The van der Waals surface area contributed by atoms with Crippen LogP contribution in [-0.4, -0.2) is 16.3 Å². The van der Waals surface area contributed by atoms with Crippen LogP contribution in [0.1, 0.15) is 11.1 Å². The van der Waals surface area contributed by atoms with Crippen molar-refractivity contribution in [3.8, 4) is 0 Å². The topological polar surface area (TPSA) is 80.4 Å². The summed E-state index contributed by atoms with van der Waals surface area (Å²) in [4.78, 5) is 20.2. The summed E-state index contributed by atoms with van der Waals surface area (Å²) in [6.45, 7) is -0.248. The van der Waals surface area contributed by atoms with Gasteiger partial charge in [0.15, 0.2) is 0 Å². The molecule has 5 heteroatoms. The van der Waals surface area contributed by atoms with Crippen molar-refractivity contribution in [3.63, 3.8) is 0 Å². The lowest BCUT2D eigenvalue weighted by molar-refractivity contribution is -0.385. The molecule has 0 unspecified atom stereocenters. The Kier molecular flexibility index (Phi) is 3.30. The van der Waals surface area contributed by atoms with Crippen LogP contribution in [-0.2, 0) is 17.8 Å². The minimum atomic E-state index is -0.558. The number of carbonyl (C=O) groups is 1. The Morgan fingerprint density at radius 3 is 2.71 bits per heavy atom. The highest BCUT2D eigenvalue weighted by molar-refractivity contribution is 5.59. The molecule has 0 fully saturated rings. The summed E-state index contributed by atoms with van der Waals surface area (Å²) in [5.74, 6) is 0. The molecule has 0 amide bonds. The molecule has 0 aliphatic heterocycles. The molecular weight excluding hydrogens is 186 g/mol. The number of aldehydes is 1. The van der Waals surface area contributed by atoms with Crippen molar-refractivity contribution in [1.29, 1.82) is 0 Å². The predicted octanol–water partition coefficient (Wildman–Crippen LogP) is 0.829. The maximum absolute atomic E-state index is 10.6. The van der Waals surface area contributed by atoms with E-state index in [0.29, 0.717) is 17.4 Å². The van der Waals surface area contributed by atoms with Crippen molar-refractivity contribution >= 4 is 12.0 Å². The van der Waals surface area contributed by atoms with Gasteiger partial charge in [-0.05, 0) is 5.56 Å². The first-order valence-electron chi connectivity index (χ1n) is 3.99. The molecule has 0 heterocycles. The summed E-state index contributed by atoms with van der Waals surface area (Å²) in [5.41, 5.74) is 0.706. The van der Waals surface area contributed by atoms with Crippen LogP contribution in [0.25, 0.3) is 0 Å². The Morgan fingerprint density at radius 2 is 2.21 bits per heavy atom. The minimum absolute atomic E-state index is 0.0159. The summed E-state index contributed by atoms with van der Waals surface area (Å²) < 4.78 is 0. The first-order valence-corrected chi connectivity index (χ1v) is 3.99. The summed E-state index contributed by atoms with van der Waals surface area (Å²) >= 11 is 0. The fourth-order valence-electron chi connectivity index (χ4n) is 1.14. The zero-order valence-corrected chi connectivity index (χ0v) is 7.34. The lowest BCUT2D eigenvalue weighted by Crippen LogP contribution is -1.98. The van der Waals surface area contributed by atoms with Gasteiger partial charge in [-0.2, -0.15) is 0 Å². The molecule has 1 aromatic rings. The van der Waals surface area contributed by atoms with Crippen LogP contribution >= 0.6 is 0 Å². The Labute approximate surface area is 80.1 Å². The van der Waals surface area contributed by atoms with Crippen molar-refractivity contribution in [2.45, 2.75) is 13.0 Å². The molecule has 0 atom stereocenters. The summed E-state index contributed by atoms with van der Waals surface area (Å²) in [6, 6.07) is 4.32. The van der Waals surface area contributed by atoms with E-state index in [2.05, 4.69) is 0 Å². The molecule has 1 N–H and O–H groups in total. The number of carbonyl (C=O) groups excluding carboxylic acids is 1. The molecule has 0 saturated heterocycles. The first kappa shape index (κ1) is 10.3. The summed E-state index contributed by atoms with van der Waals surface area (Å²) in [5, 5.41) is 19.3. The van der Waals surface area contributed by atoms with E-state index >= 15 is 0 Å². The van der Waals surface area contributed by atoms with Gasteiger partial charge < -0.3 is 9.90 Å². The Hall–Kier alpha value is -1.75. The van der Waals surface area contributed by atoms with Gasteiger partial charge in [0.1, 0.15) is 6.29 Å². The van der Waals surface area contributed by atoms with E-state index in [9.17, 15) is 14.9 Å². The smallest absolute Gasteiger partial charge is 0.273 e. The van der Waals surface area contributed by atoms with Gasteiger partial charge in [-0.1, -0.05) is 12.1 Å². The number of hydrogen-bond donors (Lipinski definition) is 1. The van der Waals surface area contributed by atoms with E-state index in [-0.39, 0.29) is 18.7 Å². The molecule has 0 bridgehead atoms. The number of benzene rings is 1. The van der Waals surface area contributed by atoms with Crippen LogP contribution in [0.3, 0.4) is 0 Å². The third-order valence-electron chi connectivity index (χ3n) is 1.83. The van der Waals surface area contributed by atoms with Gasteiger partial charge in [-0.15, -0.1) is 0 Å². The molecule has 0 aliphatic carbocycles. The predicted molar refractivity (Wildman–Crippen MR) is 48.8 cm³/mol. The van der Waals surface area contributed by atoms with Crippen molar-refractivity contribution in [2.75, 3.05) is 0 Å². The second-order valence-corrected chi connectivity index (χ2v) is 2.75. The lowest BCUT2D eigenvalue weighted by Gasteiger charge is -2.00. The Morgan fingerprint density at radius 1 is 1.50 bits per heavy atom. The standard InChI is InChI=1S/C9H9NO4/c11-4-3-8-2-1-7(6-12)5-9(8)10(13)14/h1-2,4-5,12H,3,6H2. The molecule has 14 heavy (non-hydrogen) atoms. The quantitative estimate of drug-likeness (QED) is 0.438. The van der Waals surface area contributed by atoms with Crippen molar-refractivity contribution in [2.24, 2.45) is 0 Å². The maximum atomic E-state index is 10.6. The van der Waals surface area contributed by atoms with Crippen LogP contribution < -0.4 is 0 Å². The molecule has 0 radical (unpaired) electrons.